The summed E-state index contributed by atoms with van der Waals surface area (Å²) in [5.74, 6) is -0.794. The monoisotopic (exact) mass is 486 g/mol. The van der Waals surface area contributed by atoms with Crippen LogP contribution in [0, 0.1) is 11.7 Å². The molecule has 2 aliphatic heterocycles. The van der Waals surface area contributed by atoms with Gasteiger partial charge in [-0.25, -0.2) is 9.40 Å². The van der Waals surface area contributed by atoms with Crippen molar-refractivity contribution < 1.29 is 27.1 Å². The first-order valence-corrected chi connectivity index (χ1v) is 11.6. The van der Waals surface area contributed by atoms with E-state index in [4.69, 9.17) is 9.15 Å². The van der Waals surface area contributed by atoms with Gasteiger partial charge in [-0.15, -0.1) is 10.2 Å². The van der Waals surface area contributed by atoms with Crippen LogP contribution < -0.4 is 0 Å². The van der Waals surface area contributed by atoms with Crippen LogP contribution in [-0.2, 0) is 17.8 Å². The van der Waals surface area contributed by atoms with Gasteiger partial charge in [0.15, 0.2) is 0 Å². The van der Waals surface area contributed by atoms with E-state index in [1.165, 1.54) is 12.1 Å². The minimum Gasteiger partial charge on any atom is -0.415 e. The summed E-state index contributed by atoms with van der Waals surface area (Å²) in [6.07, 6.45) is 0.0341. The highest BCUT2D eigenvalue weighted by molar-refractivity contribution is 5.99. The van der Waals surface area contributed by atoms with E-state index >= 15 is 0 Å². The Morgan fingerprint density at radius 3 is 2.57 bits per heavy atom. The smallest absolute Gasteiger partial charge is 0.314 e. The first kappa shape index (κ1) is 23.5. The van der Waals surface area contributed by atoms with Gasteiger partial charge >= 0.3 is 6.43 Å². The zero-order chi connectivity index (χ0) is 24.4. The summed E-state index contributed by atoms with van der Waals surface area (Å²) >= 11 is 0. The Labute approximate surface area is 200 Å². The van der Waals surface area contributed by atoms with Gasteiger partial charge in [0.2, 0.25) is 5.89 Å². The minimum absolute atomic E-state index is 0.0583. The van der Waals surface area contributed by atoms with Crippen LogP contribution in [0.15, 0.2) is 46.9 Å². The third-order valence-corrected chi connectivity index (χ3v) is 6.53. The predicted octanol–water partition coefficient (Wildman–Crippen LogP) is 5.00. The summed E-state index contributed by atoms with van der Waals surface area (Å²) in [6.45, 7) is 3.01. The van der Waals surface area contributed by atoms with Gasteiger partial charge in [-0.1, -0.05) is 18.2 Å². The lowest BCUT2D eigenvalue weighted by Gasteiger charge is -2.33. The van der Waals surface area contributed by atoms with Gasteiger partial charge in [-0.3, -0.25) is 9.80 Å². The van der Waals surface area contributed by atoms with E-state index in [1.807, 2.05) is 5.01 Å². The summed E-state index contributed by atoms with van der Waals surface area (Å²) in [5, 5.41) is 10.8. The van der Waals surface area contributed by atoms with Gasteiger partial charge in [0, 0.05) is 37.4 Å². The minimum atomic E-state index is -2.86. The molecule has 1 amide bonds. The predicted molar refractivity (Wildman–Crippen MR) is 120 cm³/mol. The van der Waals surface area contributed by atoms with E-state index < -0.39 is 12.3 Å². The summed E-state index contributed by atoms with van der Waals surface area (Å²) in [5.41, 5.74) is 2.59. The van der Waals surface area contributed by atoms with Crippen molar-refractivity contribution in [3.05, 3.63) is 70.9 Å². The average Bonchev–Trinajstić information content (AvgIpc) is 3.49. The Morgan fingerprint density at radius 2 is 1.86 bits per heavy atom. The van der Waals surface area contributed by atoms with Gasteiger partial charge in [0.05, 0.1) is 6.54 Å². The number of amides is 1. The highest BCUT2D eigenvalue weighted by atomic mass is 19.3. The van der Waals surface area contributed by atoms with Crippen molar-refractivity contribution in [1.82, 2.24) is 20.2 Å². The highest BCUT2D eigenvalue weighted by Crippen LogP contribution is 2.31. The molecular weight excluding hydrogens is 461 g/mol. The molecule has 0 spiro atoms. The number of rotatable bonds is 8. The molecule has 7 nitrogen and oxygen atoms in total. The van der Waals surface area contributed by atoms with Crippen molar-refractivity contribution in [3.8, 4) is 11.5 Å². The molecule has 0 unspecified atom stereocenters. The normalized spacial score (nSPS) is 16.5. The molecule has 5 rings (SSSR count). The van der Waals surface area contributed by atoms with Crippen molar-refractivity contribution in [2.45, 2.75) is 38.8 Å². The number of carbonyl (C=O) groups is 1. The molecule has 1 saturated heterocycles. The van der Waals surface area contributed by atoms with Crippen LogP contribution in [0.4, 0.5) is 13.2 Å². The summed E-state index contributed by atoms with van der Waals surface area (Å²) < 4.78 is 49.6. The number of carbonyl (C=O) groups excluding carboxylic acids is 1. The zero-order valence-electron chi connectivity index (χ0n) is 19.0. The SMILES string of the molecule is O=C1c2cc(-c3nnc(C(F)F)o3)ccc2CN1N(CCC1CCOCC1)Cc1ccc(F)cc1. The number of fused-ring (bicyclic) bond motifs is 1. The first-order chi connectivity index (χ1) is 17.0. The molecule has 3 aromatic rings. The fraction of sp³-hybridized carbons (Fsp3) is 0.400. The lowest BCUT2D eigenvalue weighted by atomic mass is 9.96. The summed E-state index contributed by atoms with van der Waals surface area (Å²) in [6, 6.07) is 11.3. The Hall–Kier alpha value is -3.24. The van der Waals surface area contributed by atoms with Crippen molar-refractivity contribution in [1.29, 1.82) is 0 Å². The maximum absolute atomic E-state index is 13.4. The Bertz CT molecular complexity index is 1180. The number of aromatic nitrogens is 2. The van der Waals surface area contributed by atoms with Crippen LogP contribution in [0.25, 0.3) is 11.5 Å². The molecule has 35 heavy (non-hydrogen) atoms. The number of halogens is 3. The molecule has 0 aliphatic carbocycles. The molecule has 0 saturated carbocycles. The van der Waals surface area contributed by atoms with Crippen LogP contribution in [0.2, 0.25) is 0 Å². The summed E-state index contributed by atoms with van der Waals surface area (Å²) in [4.78, 5) is 13.4. The number of hydrogen-bond acceptors (Lipinski definition) is 6. The summed E-state index contributed by atoms with van der Waals surface area (Å²) in [7, 11) is 0. The standard InChI is InChI=1S/C25H25F3N4O3/c26-20-5-1-17(2-6-20)14-31(10-7-16-8-11-34-12-9-16)32-15-19-4-3-18(13-21(19)25(32)33)23-29-30-24(35-23)22(27)28/h1-6,13,16,22H,7-12,14-15H2. The van der Waals surface area contributed by atoms with Crippen LogP contribution in [0.3, 0.4) is 0 Å². The van der Waals surface area contributed by atoms with E-state index in [0.717, 1.165) is 43.6 Å². The molecular formula is C25H25F3N4O3. The van der Waals surface area contributed by atoms with Crippen molar-refractivity contribution in [3.63, 3.8) is 0 Å². The lowest BCUT2D eigenvalue weighted by Crippen LogP contribution is -2.43. The number of hydrogen-bond donors (Lipinski definition) is 0. The molecule has 0 N–H and O–H groups in total. The molecule has 1 aromatic heterocycles. The van der Waals surface area contributed by atoms with Crippen molar-refractivity contribution in [2.24, 2.45) is 5.92 Å². The molecule has 2 aliphatic rings. The van der Waals surface area contributed by atoms with Crippen LogP contribution in [0.5, 0.6) is 0 Å². The van der Waals surface area contributed by atoms with Gasteiger partial charge in [-0.2, -0.15) is 8.78 Å². The van der Waals surface area contributed by atoms with Crippen LogP contribution in [0.1, 0.15) is 53.1 Å². The average molecular weight is 486 g/mol. The lowest BCUT2D eigenvalue weighted by molar-refractivity contribution is -0.0230. The third kappa shape index (κ3) is 5.23. The third-order valence-electron chi connectivity index (χ3n) is 6.53. The van der Waals surface area contributed by atoms with Crippen LogP contribution >= 0.6 is 0 Å². The second-order valence-corrected chi connectivity index (χ2v) is 8.84. The number of hydrazine groups is 1. The second-order valence-electron chi connectivity index (χ2n) is 8.84. The zero-order valence-corrected chi connectivity index (χ0v) is 19.0. The maximum Gasteiger partial charge on any atom is 0.314 e. The van der Waals surface area contributed by atoms with E-state index in [0.29, 0.717) is 36.7 Å². The topological polar surface area (TPSA) is 71.7 Å². The van der Waals surface area contributed by atoms with Crippen LogP contribution in [-0.4, -0.2) is 45.9 Å². The molecule has 1 fully saturated rings. The van der Waals surface area contributed by atoms with Gasteiger partial charge in [0.1, 0.15) is 5.82 Å². The molecule has 2 aromatic carbocycles. The molecule has 10 heteroatoms. The van der Waals surface area contributed by atoms with Gasteiger partial charge in [-0.05, 0) is 60.6 Å². The maximum atomic E-state index is 13.4. The Kier molecular flexibility index (Phi) is 6.83. The van der Waals surface area contributed by atoms with E-state index in [1.54, 1.807) is 35.3 Å². The number of nitrogens with zero attached hydrogens (tertiary/aromatic N) is 4. The molecule has 184 valence electrons. The Balaban J connectivity index is 1.36. The molecule has 0 bridgehead atoms. The van der Waals surface area contributed by atoms with Gasteiger partial charge in [0.25, 0.3) is 11.8 Å². The van der Waals surface area contributed by atoms with E-state index in [2.05, 4.69) is 10.2 Å². The quantitative estimate of drug-likeness (QED) is 0.446. The van der Waals surface area contributed by atoms with E-state index in [9.17, 15) is 18.0 Å². The fourth-order valence-corrected chi connectivity index (χ4v) is 4.54. The highest BCUT2D eigenvalue weighted by Gasteiger charge is 2.33. The second kappa shape index (κ2) is 10.2. The fourth-order valence-electron chi connectivity index (χ4n) is 4.54. The largest absolute Gasteiger partial charge is 0.415 e. The number of alkyl halides is 2. The van der Waals surface area contributed by atoms with Crippen molar-refractivity contribution >= 4 is 5.91 Å². The molecule has 3 heterocycles. The number of ether oxygens (including phenoxy) is 1. The molecule has 0 radical (unpaired) electrons. The first-order valence-electron chi connectivity index (χ1n) is 11.6. The van der Waals surface area contributed by atoms with Crippen molar-refractivity contribution in [2.75, 3.05) is 19.8 Å². The number of benzene rings is 2. The molecule has 0 atom stereocenters. The van der Waals surface area contributed by atoms with E-state index in [-0.39, 0.29) is 17.6 Å². The van der Waals surface area contributed by atoms with Gasteiger partial charge < -0.3 is 9.15 Å². The Morgan fingerprint density at radius 1 is 1.09 bits per heavy atom.